The number of esters is 1. The van der Waals surface area contributed by atoms with Crippen LogP contribution in [0.25, 0.3) is 0 Å². The summed E-state index contributed by atoms with van der Waals surface area (Å²) >= 11 is 1.09. The molecule has 2 aliphatic heterocycles. The summed E-state index contributed by atoms with van der Waals surface area (Å²) in [4.78, 5) is 79.7. The molecule has 0 bridgehead atoms. The molecule has 1 N–H and O–H groups in total. The number of carbonyl (C=O) groups is 4. The lowest BCUT2D eigenvalue weighted by molar-refractivity contribution is -0.385. The Hall–Kier alpha value is -5.16. The number of β-lactam (4-membered cyclic amide) rings is 1. The molecule has 2 aromatic rings. The first-order valence-corrected chi connectivity index (χ1v) is 16.5. The van der Waals surface area contributed by atoms with Crippen LogP contribution in [0.5, 0.6) is 0 Å². The van der Waals surface area contributed by atoms with Gasteiger partial charge in [-0.25, -0.2) is 9.59 Å². The van der Waals surface area contributed by atoms with Gasteiger partial charge in [0.15, 0.2) is 5.12 Å². The van der Waals surface area contributed by atoms with Crippen LogP contribution in [0.1, 0.15) is 51.7 Å². The number of nitro groups is 2. The number of amides is 2. The Balaban J connectivity index is 1.32. The van der Waals surface area contributed by atoms with Crippen LogP contribution in [0, 0.1) is 26.1 Å². The first-order chi connectivity index (χ1) is 23.7. The highest BCUT2D eigenvalue weighted by atomic mass is 32.2. The monoisotopic (exact) mass is 711 g/mol. The molecule has 0 radical (unpaired) electrons. The van der Waals surface area contributed by atoms with Gasteiger partial charge in [0.1, 0.15) is 24.7 Å². The van der Waals surface area contributed by atoms with E-state index in [4.69, 9.17) is 9.47 Å². The molecule has 4 atom stereocenters. The van der Waals surface area contributed by atoms with E-state index in [1.807, 2.05) is 4.90 Å². The summed E-state index contributed by atoms with van der Waals surface area (Å²) in [6.45, 7) is 6.99. The van der Waals surface area contributed by atoms with Crippen LogP contribution in [0.3, 0.4) is 0 Å². The lowest BCUT2D eigenvalue weighted by atomic mass is 9.80. The number of likely N-dealkylation sites (tertiary alicyclic amines) is 2. The number of aliphatic hydroxyl groups excluding tert-OH is 1. The van der Waals surface area contributed by atoms with E-state index < -0.39 is 45.9 Å². The number of allylic oxidation sites excluding steroid dienone is 1. The molecular formula is C33H37N5O11S. The van der Waals surface area contributed by atoms with Gasteiger partial charge in [0, 0.05) is 49.0 Å². The molecule has 2 aromatic carbocycles. The molecule has 2 heterocycles. The van der Waals surface area contributed by atoms with Crippen LogP contribution in [-0.4, -0.2) is 84.2 Å². The number of nitrogens with zero attached hydrogens (tertiary/aromatic N) is 5. The summed E-state index contributed by atoms with van der Waals surface area (Å²) in [6.07, 6.45) is -1.41. The van der Waals surface area contributed by atoms with E-state index >= 15 is 0 Å². The number of ether oxygens (including phenoxy) is 2. The van der Waals surface area contributed by atoms with Gasteiger partial charge in [0.2, 0.25) is 5.91 Å². The van der Waals surface area contributed by atoms with Crippen LogP contribution in [-0.2, 0) is 37.1 Å². The standard InChI is InChI=1S/C33H37N5O11S/c1-19(2)30(32(42)48-17-22-5-9-24(10-6-22)37(44)45)36-27(29(20(3)39)31(36)41)15-28(40)50-26-13-14-35(16-26)21(4)34-33(43)49-18-23-7-11-25(12-8-23)38(46)47/h5-12,20,26-27,29,39H,13-18H2,1-4H3/b34-21+/t20-,26+,27-,29-/m1/s1. The van der Waals surface area contributed by atoms with Gasteiger partial charge in [-0.2, -0.15) is 4.99 Å². The van der Waals surface area contributed by atoms with Crippen LogP contribution < -0.4 is 0 Å². The first-order valence-electron chi connectivity index (χ1n) is 15.6. The summed E-state index contributed by atoms with van der Waals surface area (Å²) < 4.78 is 10.6. The van der Waals surface area contributed by atoms with E-state index in [1.54, 1.807) is 20.8 Å². The lowest BCUT2D eigenvalue weighted by Gasteiger charge is -2.48. The van der Waals surface area contributed by atoms with Crippen molar-refractivity contribution in [3.8, 4) is 0 Å². The molecule has 2 amide bonds. The van der Waals surface area contributed by atoms with E-state index in [1.165, 1.54) is 60.4 Å². The molecular weight excluding hydrogens is 674 g/mol. The van der Waals surface area contributed by atoms with E-state index in [0.29, 0.717) is 42.0 Å². The maximum atomic E-state index is 13.3. The zero-order valence-corrected chi connectivity index (χ0v) is 28.7. The number of aliphatic hydroxyl groups is 1. The Bertz CT molecular complexity index is 1710. The third-order valence-corrected chi connectivity index (χ3v) is 9.40. The summed E-state index contributed by atoms with van der Waals surface area (Å²) in [7, 11) is 0. The number of non-ortho nitro benzene ring substituents is 2. The highest BCUT2D eigenvalue weighted by molar-refractivity contribution is 8.14. The van der Waals surface area contributed by atoms with Gasteiger partial charge in [0.05, 0.1) is 27.9 Å². The zero-order valence-electron chi connectivity index (χ0n) is 27.8. The molecule has 0 unspecified atom stereocenters. The van der Waals surface area contributed by atoms with E-state index in [2.05, 4.69) is 4.99 Å². The predicted molar refractivity (Wildman–Crippen MR) is 181 cm³/mol. The molecule has 0 aliphatic carbocycles. The minimum absolute atomic E-state index is 0.0315. The quantitative estimate of drug-likeness (QED) is 0.0611. The van der Waals surface area contributed by atoms with Gasteiger partial charge in [0.25, 0.3) is 11.4 Å². The maximum absolute atomic E-state index is 13.3. The molecule has 50 heavy (non-hydrogen) atoms. The molecule has 266 valence electrons. The summed E-state index contributed by atoms with van der Waals surface area (Å²) in [5.74, 6) is -1.81. The lowest BCUT2D eigenvalue weighted by Crippen LogP contribution is -2.65. The molecule has 2 fully saturated rings. The van der Waals surface area contributed by atoms with Gasteiger partial charge in [-0.05, 0) is 75.1 Å². The van der Waals surface area contributed by atoms with Gasteiger partial charge in [-0.1, -0.05) is 11.8 Å². The van der Waals surface area contributed by atoms with Crippen molar-refractivity contribution in [2.24, 2.45) is 10.9 Å². The molecule has 2 aliphatic rings. The van der Waals surface area contributed by atoms with Crippen LogP contribution in [0.15, 0.2) is 64.8 Å². The minimum Gasteiger partial charge on any atom is -0.456 e. The topological polar surface area (TPSA) is 212 Å². The Morgan fingerprint density at radius 1 is 0.960 bits per heavy atom. The SMILES string of the molecule is CC(C)=C(C(=O)OCc1ccc([N+](=O)[O-])cc1)N1C(=O)[C@H]([C@@H](C)O)[C@H]1CC(=O)S[C@H]1CCN(/C(C)=N/C(=O)OCc2ccc([N+](=O)[O-])cc2)C1. The molecule has 17 heteroatoms. The molecule has 16 nitrogen and oxygen atoms in total. The Morgan fingerprint density at radius 3 is 2.00 bits per heavy atom. The Labute approximate surface area is 291 Å². The van der Waals surface area contributed by atoms with Gasteiger partial charge >= 0.3 is 12.1 Å². The largest absolute Gasteiger partial charge is 0.456 e. The fraction of sp³-hybridized carbons (Fsp3) is 0.424. The zero-order chi connectivity index (χ0) is 36.7. The van der Waals surface area contributed by atoms with Gasteiger partial charge in [-0.15, -0.1) is 0 Å². The summed E-state index contributed by atoms with van der Waals surface area (Å²) in [5.41, 5.74) is 1.31. The first kappa shape index (κ1) is 37.7. The van der Waals surface area contributed by atoms with Gasteiger partial charge < -0.3 is 24.4 Å². The number of hydrogen-bond acceptors (Lipinski definition) is 12. The van der Waals surface area contributed by atoms with E-state index in [9.17, 15) is 44.5 Å². The van der Waals surface area contributed by atoms with Crippen LogP contribution >= 0.6 is 11.8 Å². The number of carbonyl (C=O) groups excluding carboxylic acids is 4. The number of benzene rings is 2. The predicted octanol–water partition coefficient (Wildman–Crippen LogP) is 4.53. The second kappa shape index (κ2) is 16.5. The third-order valence-electron chi connectivity index (χ3n) is 8.25. The fourth-order valence-electron chi connectivity index (χ4n) is 5.68. The van der Waals surface area contributed by atoms with Crippen molar-refractivity contribution in [2.45, 2.75) is 71.1 Å². The van der Waals surface area contributed by atoms with Crippen molar-refractivity contribution < 1.29 is 43.6 Å². The van der Waals surface area contributed by atoms with Crippen molar-refractivity contribution >= 4 is 52.1 Å². The number of aliphatic imine (C=N–C) groups is 1. The number of thioether (sulfide) groups is 1. The van der Waals surface area contributed by atoms with Crippen molar-refractivity contribution in [1.29, 1.82) is 0 Å². The number of amidine groups is 1. The van der Waals surface area contributed by atoms with Crippen molar-refractivity contribution in [1.82, 2.24) is 9.80 Å². The molecule has 4 rings (SSSR count). The third kappa shape index (κ3) is 9.29. The number of rotatable bonds is 12. The highest BCUT2D eigenvalue weighted by Crippen LogP contribution is 2.39. The maximum Gasteiger partial charge on any atom is 0.435 e. The Kier molecular flexibility index (Phi) is 12.4. The highest BCUT2D eigenvalue weighted by Gasteiger charge is 2.53. The summed E-state index contributed by atoms with van der Waals surface area (Å²) in [5, 5.41) is 31.7. The fourth-order valence-corrected chi connectivity index (χ4v) is 6.80. The van der Waals surface area contributed by atoms with Crippen LogP contribution in [0.2, 0.25) is 0 Å². The van der Waals surface area contributed by atoms with Crippen molar-refractivity contribution in [2.75, 3.05) is 13.1 Å². The molecule has 0 saturated carbocycles. The molecule has 0 spiro atoms. The van der Waals surface area contributed by atoms with Crippen molar-refractivity contribution in [3.05, 3.63) is 91.2 Å². The van der Waals surface area contributed by atoms with E-state index in [0.717, 1.165) is 11.8 Å². The second-order valence-electron chi connectivity index (χ2n) is 12.1. The molecule has 0 aromatic heterocycles. The van der Waals surface area contributed by atoms with Crippen LogP contribution in [0.4, 0.5) is 16.2 Å². The van der Waals surface area contributed by atoms with Crippen molar-refractivity contribution in [3.63, 3.8) is 0 Å². The Morgan fingerprint density at radius 2 is 1.50 bits per heavy atom. The second-order valence-corrected chi connectivity index (χ2v) is 13.4. The summed E-state index contributed by atoms with van der Waals surface area (Å²) in [6, 6.07) is 10.3. The average Bonchev–Trinajstić information content (AvgIpc) is 3.53. The average molecular weight is 712 g/mol. The normalized spacial score (nSPS) is 19.3. The number of nitro benzene ring substituents is 2. The smallest absolute Gasteiger partial charge is 0.435 e. The minimum atomic E-state index is -1.07. The molecule has 2 saturated heterocycles. The number of hydrogen-bond donors (Lipinski definition) is 1. The van der Waals surface area contributed by atoms with Gasteiger partial charge in [-0.3, -0.25) is 29.8 Å². The van der Waals surface area contributed by atoms with E-state index in [-0.39, 0.29) is 47.1 Å².